The Kier molecular flexibility index (Phi) is 3.60. The standard InChI is InChI=1S/C15H17FN2O2/c16-12-2-3-14-13(10-12)15(11-17,4-1-7-20-14)18-5-8-19-9-6-18/h2-3,10H,1,4-9H2. The van der Waals surface area contributed by atoms with Gasteiger partial charge < -0.3 is 9.47 Å². The zero-order valence-corrected chi connectivity index (χ0v) is 11.3. The van der Waals surface area contributed by atoms with Crippen LogP contribution >= 0.6 is 0 Å². The molecule has 20 heavy (non-hydrogen) atoms. The Hall–Kier alpha value is -1.64. The van der Waals surface area contributed by atoms with Crippen LogP contribution in [0.25, 0.3) is 0 Å². The van der Waals surface area contributed by atoms with E-state index in [1.54, 1.807) is 6.07 Å². The summed E-state index contributed by atoms with van der Waals surface area (Å²) in [4.78, 5) is 2.10. The van der Waals surface area contributed by atoms with Crippen LogP contribution in [0.5, 0.6) is 5.75 Å². The van der Waals surface area contributed by atoms with Gasteiger partial charge in [0.15, 0.2) is 0 Å². The molecule has 0 aromatic heterocycles. The van der Waals surface area contributed by atoms with Crippen molar-refractivity contribution in [1.82, 2.24) is 4.90 Å². The van der Waals surface area contributed by atoms with E-state index in [-0.39, 0.29) is 5.82 Å². The predicted octanol–water partition coefficient (Wildman–Crippen LogP) is 2.05. The normalized spacial score (nSPS) is 27.0. The molecule has 0 amide bonds. The molecule has 0 N–H and O–H groups in total. The maximum absolute atomic E-state index is 13.7. The highest BCUT2D eigenvalue weighted by Gasteiger charge is 2.42. The summed E-state index contributed by atoms with van der Waals surface area (Å²) in [5.74, 6) is 0.291. The fraction of sp³-hybridized carbons (Fsp3) is 0.533. The molecule has 1 fully saturated rings. The molecule has 2 heterocycles. The topological polar surface area (TPSA) is 45.5 Å². The number of benzene rings is 1. The molecular formula is C15H17FN2O2. The highest BCUT2D eigenvalue weighted by Crippen LogP contribution is 2.41. The quantitative estimate of drug-likeness (QED) is 0.787. The smallest absolute Gasteiger partial charge is 0.138 e. The third-order valence-electron chi connectivity index (χ3n) is 4.06. The highest BCUT2D eigenvalue weighted by atomic mass is 19.1. The van der Waals surface area contributed by atoms with Crippen molar-refractivity contribution in [3.05, 3.63) is 29.6 Å². The van der Waals surface area contributed by atoms with Crippen molar-refractivity contribution in [2.45, 2.75) is 18.4 Å². The zero-order chi connectivity index (χ0) is 14.0. The van der Waals surface area contributed by atoms with Gasteiger partial charge in [-0.05, 0) is 31.0 Å². The number of rotatable bonds is 1. The number of nitrogens with zero attached hydrogens (tertiary/aromatic N) is 2. The van der Waals surface area contributed by atoms with Crippen molar-refractivity contribution in [1.29, 1.82) is 5.26 Å². The van der Waals surface area contributed by atoms with Gasteiger partial charge in [0.25, 0.3) is 0 Å². The van der Waals surface area contributed by atoms with Crippen LogP contribution in [0.2, 0.25) is 0 Å². The van der Waals surface area contributed by atoms with Crippen molar-refractivity contribution in [3.63, 3.8) is 0 Å². The van der Waals surface area contributed by atoms with Gasteiger partial charge in [-0.15, -0.1) is 0 Å². The van der Waals surface area contributed by atoms with Crippen LogP contribution in [0.1, 0.15) is 18.4 Å². The van der Waals surface area contributed by atoms with Gasteiger partial charge in [0.1, 0.15) is 17.1 Å². The maximum atomic E-state index is 13.7. The molecule has 1 saturated heterocycles. The Morgan fingerprint density at radius 1 is 1.25 bits per heavy atom. The van der Waals surface area contributed by atoms with E-state index >= 15 is 0 Å². The van der Waals surface area contributed by atoms with Crippen LogP contribution in [0.4, 0.5) is 4.39 Å². The summed E-state index contributed by atoms with van der Waals surface area (Å²) in [6.07, 6.45) is 1.43. The van der Waals surface area contributed by atoms with Gasteiger partial charge in [0, 0.05) is 18.7 Å². The van der Waals surface area contributed by atoms with Crippen molar-refractivity contribution in [2.75, 3.05) is 32.9 Å². The summed E-state index contributed by atoms with van der Waals surface area (Å²) in [6.45, 7) is 3.14. The van der Waals surface area contributed by atoms with Gasteiger partial charge in [0.05, 0.1) is 25.9 Å². The van der Waals surface area contributed by atoms with E-state index in [0.29, 0.717) is 50.6 Å². The van der Waals surface area contributed by atoms with Crippen molar-refractivity contribution >= 4 is 0 Å². The molecule has 3 rings (SSSR count). The molecular weight excluding hydrogens is 259 g/mol. The Labute approximate surface area is 117 Å². The first kappa shape index (κ1) is 13.3. The molecule has 4 nitrogen and oxygen atoms in total. The van der Waals surface area contributed by atoms with Crippen molar-refractivity contribution < 1.29 is 13.9 Å². The fourth-order valence-electron chi connectivity index (χ4n) is 3.06. The minimum Gasteiger partial charge on any atom is -0.493 e. The number of fused-ring (bicyclic) bond motifs is 1. The first-order valence-corrected chi connectivity index (χ1v) is 6.93. The number of hydrogen-bond donors (Lipinski definition) is 0. The Balaban J connectivity index is 2.10. The molecule has 1 aromatic rings. The van der Waals surface area contributed by atoms with E-state index in [1.807, 2.05) is 0 Å². The fourth-order valence-corrected chi connectivity index (χ4v) is 3.06. The SMILES string of the molecule is N#CC1(N2CCOCC2)CCCOc2ccc(F)cc21. The van der Waals surface area contributed by atoms with E-state index in [4.69, 9.17) is 9.47 Å². The van der Waals surface area contributed by atoms with E-state index in [1.165, 1.54) is 12.1 Å². The predicted molar refractivity (Wildman–Crippen MR) is 70.8 cm³/mol. The van der Waals surface area contributed by atoms with Gasteiger partial charge in [-0.3, -0.25) is 4.90 Å². The minimum absolute atomic E-state index is 0.331. The van der Waals surface area contributed by atoms with Gasteiger partial charge in [-0.2, -0.15) is 5.26 Å². The number of halogens is 1. The average molecular weight is 276 g/mol. The van der Waals surface area contributed by atoms with E-state index in [0.717, 1.165) is 6.42 Å². The Morgan fingerprint density at radius 3 is 2.80 bits per heavy atom. The average Bonchev–Trinajstić information content (AvgIpc) is 2.68. The van der Waals surface area contributed by atoms with Gasteiger partial charge >= 0.3 is 0 Å². The first-order valence-electron chi connectivity index (χ1n) is 6.93. The molecule has 106 valence electrons. The monoisotopic (exact) mass is 276 g/mol. The molecule has 2 aliphatic heterocycles. The van der Waals surface area contributed by atoms with E-state index in [9.17, 15) is 9.65 Å². The second-order valence-corrected chi connectivity index (χ2v) is 5.16. The summed E-state index contributed by atoms with van der Waals surface area (Å²) < 4.78 is 24.7. The lowest BCUT2D eigenvalue weighted by Gasteiger charge is -2.40. The number of nitriles is 1. The van der Waals surface area contributed by atoms with Crippen LogP contribution in [0, 0.1) is 17.1 Å². The molecule has 0 saturated carbocycles. The Morgan fingerprint density at radius 2 is 2.05 bits per heavy atom. The molecule has 0 aliphatic carbocycles. The number of ether oxygens (including phenoxy) is 2. The first-order chi connectivity index (χ1) is 9.76. The lowest BCUT2D eigenvalue weighted by molar-refractivity contribution is -0.00770. The third kappa shape index (κ3) is 2.15. The number of morpholine rings is 1. The summed E-state index contributed by atoms with van der Waals surface area (Å²) in [6, 6.07) is 6.89. The molecule has 0 spiro atoms. The van der Waals surface area contributed by atoms with Crippen molar-refractivity contribution in [3.8, 4) is 11.8 Å². The molecule has 0 bridgehead atoms. The molecule has 1 unspecified atom stereocenters. The van der Waals surface area contributed by atoms with Crippen LogP contribution in [-0.4, -0.2) is 37.8 Å². The van der Waals surface area contributed by atoms with Gasteiger partial charge in [0.2, 0.25) is 0 Å². The van der Waals surface area contributed by atoms with Crippen molar-refractivity contribution in [2.24, 2.45) is 0 Å². The summed E-state index contributed by atoms with van der Waals surface area (Å²) >= 11 is 0. The maximum Gasteiger partial charge on any atom is 0.138 e. The molecule has 2 aliphatic rings. The lowest BCUT2D eigenvalue weighted by Crippen LogP contribution is -2.50. The Bertz CT molecular complexity index is 537. The largest absolute Gasteiger partial charge is 0.493 e. The zero-order valence-electron chi connectivity index (χ0n) is 11.3. The van der Waals surface area contributed by atoms with Crippen LogP contribution in [0.3, 0.4) is 0 Å². The van der Waals surface area contributed by atoms with Gasteiger partial charge in [-0.25, -0.2) is 4.39 Å². The van der Waals surface area contributed by atoms with E-state index < -0.39 is 5.54 Å². The second-order valence-electron chi connectivity index (χ2n) is 5.16. The summed E-state index contributed by atoms with van der Waals surface area (Å²) in [5.41, 5.74) is -0.156. The highest BCUT2D eigenvalue weighted by molar-refractivity contribution is 5.44. The number of hydrogen-bond acceptors (Lipinski definition) is 4. The molecule has 1 aromatic carbocycles. The minimum atomic E-state index is -0.808. The van der Waals surface area contributed by atoms with Crippen LogP contribution in [-0.2, 0) is 10.3 Å². The summed E-state index contributed by atoms with van der Waals surface area (Å²) in [7, 11) is 0. The lowest BCUT2D eigenvalue weighted by atomic mass is 9.84. The summed E-state index contributed by atoms with van der Waals surface area (Å²) in [5, 5.41) is 9.85. The van der Waals surface area contributed by atoms with Gasteiger partial charge in [-0.1, -0.05) is 0 Å². The molecule has 5 heteroatoms. The second kappa shape index (κ2) is 5.39. The van der Waals surface area contributed by atoms with Crippen LogP contribution < -0.4 is 4.74 Å². The van der Waals surface area contributed by atoms with Crippen LogP contribution in [0.15, 0.2) is 18.2 Å². The van der Waals surface area contributed by atoms with E-state index in [2.05, 4.69) is 11.0 Å². The molecule has 1 atom stereocenters. The third-order valence-corrected chi connectivity index (χ3v) is 4.06. The molecule has 0 radical (unpaired) electrons.